The molecule has 0 saturated carbocycles. The van der Waals surface area contributed by atoms with Crippen molar-refractivity contribution in [2.75, 3.05) is 6.54 Å². The molecule has 8 heavy (non-hydrogen) atoms. The first-order chi connectivity index (χ1) is 3.72. The zero-order valence-corrected chi connectivity index (χ0v) is 4.49. The molecule has 0 aromatic heterocycles. The van der Waals surface area contributed by atoms with Crippen molar-refractivity contribution in [1.29, 1.82) is 0 Å². The maximum Gasteiger partial charge on any atom is 0.144 e. The monoisotopic (exact) mass is 118 g/mol. The van der Waals surface area contributed by atoms with Gasteiger partial charge < -0.3 is 16.0 Å². The maximum atomic E-state index is 8.82. The first kappa shape index (κ1) is 5.97. The van der Waals surface area contributed by atoms with Crippen molar-refractivity contribution in [3.63, 3.8) is 0 Å². The molecule has 0 radical (unpaired) electrons. The molecule has 1 aliphatic heterocycles. The predicted molar refractivity (Wildman–Crippen MR) is 27.1 cm³/mol. The van der Waals surface area contributed by atoms with E-state index in [1.165, 1.54) is 0 Å². The summed E-state index contributed by atoms with van der Waals surface area (Å²) in [6.45, 7) is 0.475. The molecule has 2 atom stereocenters. The lowest BCUT2D eigenvalue weighted by Gasteiger charge is -2.12. The molecule has 0 aromatic rings. The highest BCUT2D eigenvalue weighted by molar-refractivity contribution is 4.76. The van der Waals surface area contributed by atoms with Crippen LogP contribution in [0.15, 0.2) is 0 Å². The Morgan fingerprint density at radius 3 is 2.38 bits per heavy atom. The van der Waals surface area contributed by atoms with Gasteiger partial charge in [-0.15, -0.1) is 0 Å². The normalized spacial score (nSPS) is 40.9. The van der Waals surface area contributed by atoms with Gasteiger partial charge in [0, 0.05) is 12.6 Å². The third kappa shape index (κ3) is 0.830. The number of aliphatic hydroxyl groups is 1. The van der Waals surface area contributed by atoms with Crippen molar-refractivity contribution in [2.45, 2.75) is 18.7 Å². The van der Waals surface area contributed by atoms with E-state index in [0.717, 1.165) is 5.06 Å². The minimum atomic E-state index is -0.852. The first-order valence-corrected chi connectivity index (χ1v) is 2.61. The van der Waals surface area contributed by atoms with Crippen LogP contribution in [0, 0.1) is 0 Å². The van der Waals surface area contributed by atoms with Gasteiger partial charge in [-0.05, 0) is 6.42 Å². The Balaban J connectivity index is 2.44. The molecular weight excluding hydrogens is 108 g/mol. The molecule has 1 aliphatic rings. The fraction of sp³-hybridized carbons (Fsp3) is 1.00. The van der Waals surface area contributed by atoms with Crippen molar-refractivity contribution in [2.24, 2.45) is 5.73 Å². The number of hydrogen-bond donors (Lipinski definition) is 3. The largest absolute Gasteiger partial charge is 0.375 e. The molecule has 4 nitrogen and oxygen atoms in total. The quantitative estimate of drug-likeness (QED) is 0.371. The highest BCUT2D eigenvalue weighted by atomic mass is 16.5. The lowest BCUT2D eigenvalue weighted by molar-refractivity contribution is -0.173. The van der Waals surface area contributed by atoms with Crippen molar-refractivity contribution >= 4 is 0 Å². The second-order valence-corrected chi connectivity index (χ2v) is 2.03. The second kappa shape index (κ2) is 1.99. The van der Waals surface area contributed by atoms with E-state index >= 15 is 0 Å². The summed E-state index contributed by atoms with van der Waals surface area (Å²) in [5.74, 6) is 0. The van der Waals surface area contributed by atoms with E-state index in [9.17, 15) is 0 Å². The number of rotatable bonds is 0. The average Bonchev–Trinajstić information content (AvgIpc) is 1.98. The van der Waals surface area contributed by atoms with Gasteiger partial charge in [-0.25, -0.2) is 0 Å². The lowest BCUT2D eigenvalue weighted by atomic mass is 10.3. The maximum absolute atomic E-state index is 8.82. The van der Waals surface area contributed by atoms with Gasteiger partial charge in [-0.1, -0.05) is 0 Å². The summed E-state index contributed by atoms with van der Waals surface area (Å²) in [5.41, 5.74) is 5.32. The van der Waals surface area contributed by atoms with Gasteiger partial charge in [-0.3, -0.25) is 0 Å². The molecule has 4 heteroatoms. The van der Waals surface area contributed by atoms with E-state index in [2.05, 4.69) is 0 Å². The summed E-state index contributed by atoms with van der Waals surface area (Å²) >= 11 is 0. The van der Waals surface area contributed by atoms with E-state index in [1.54, 1.807) is 0 Å². The number of hydroxylamine groups is 2. The molecular formula is C4H10N2O2. The molecule has 1 heterocycles. The molecule has 1 saturated heterocycles. The van der Waals surface area contributed by atoms with Crippen LogP contribution in [-0.2, 0) is 0 Å². The number of nitrogens with zero attached hydrogens (tertiary/aromatic N) is 1. The third-order valence-electron chi connectivity index (χ3n) is 1.38. The van der Waals surface area contributed by atoms with Crippen molar-refractivity contribution in [3.05, 3.63) is 0 Å². The van der Waals surface area contributed by atoms with Crippen LogP contribution < -0.4 is 5.73 Å². The van der Waals surface area contributed by atoms with Crippen molar-refractivity contribution in [1.82, 2.24) is 5.06 Å². The third-order valence-corrected chi connectivity index (χ3v) is 1.38. The molecule has 0 aliphatic carbocycles. The minimum Gasteiger partial charge on any atom is -0.375 e. The van der Waals surface area contributed by atoms with Crippen LogP contribution in [0.2, 0.25) is 0 Å². The van der Waals surface area contributed by atoms with Crippen LogP contribution in [0.3, 0.4) is 0 Å². The smallest absolute Gasteiger partial charge is 0.144 e. The highest BCUT2D eigenvalue weighted by Gasteiger charge is 2.27. The van der Waals surface area contributed by atoms with E-state index in [4.69, 9.17) is 16.0 Å². The summed E-state index contributed by atoms with van der Waals surface area (Å²) < 4.78 is 0. The standard InChI is InChI=1S/C4H10N2O2/c5-3-1-2-6(8)4(3)7/h3-4,7-8H,1-2,5H2/t3-,4-/m1/s1. The van der Waals surface area contributed by atoms with E-state index in [-0.39, 0.29) is 6.04 Å². The molecule has 1 rings (SSSR count). The topological polar surface area (TPSA) is 69.7 Å². The summed E-state index contributed by atoms with van der Waals surface area (Å²) in [5, 5.41) is 18.3. The Labute approximate surface area is 47.5 Å². The van der Waals surface area contributed by atoms with Crippen LogP contribution in [0.5, 0.6) is 0 Å². The first-order valence-electron chi connectivity index (χ1n) is 2.61. The van der Waals surface area contributed by atoms with E-state index < -0.39 is 6.23 Å². The number of hydrogen-bond acceptors (Lipinski definition) is 4. The van der Waals surface area contributed by atoms with Crippen LogP contribution in [0.4, 0.5) is 0 Å². The summed E-state index contributed by atoms with van der Waals surface area (Å²) in [6, 6.07) is -0.278. The van der Waals surface area contributed by atoms with Gasteiger partial charge in [0.1, 0.15) is 6.23 Å². The van der Waals surface area contributed by atoms with Gasteiger partial charge in [0.2, 0.25) is 0 Å². The number of aliphatic hydroxyl groups excluding tert-OH is 1. The van der Waals surface area contributed by atoms with Crippen molar-refractivity contribution < 1.29 is 10.3 Å². The Hall–Kier alpha value is -0.160. The molecule has 0 spiro atoms. The van der Waals surface area contributed by atoms with Gasteiger partial charge in [-0.2, -0.15) is 5.06 Å². The zero-order valence-electron chi connectivity index (χ0n) is 4.49. The molecule has 4 N–H and O–H groups in total. The molecule has 0 amide bonds. The van der Waals surface area contributed by atoms with Crippen LogP contribution in [-0.4, -0.2) is 34.2 Å². The predicted octanol–water partition coefficient (Wildman–Crippen LogP) is -1.27. The van der Waals surface area contributed by atoms with Crippen LogP contribution in [0.25, 0.3) is 0 Å². The molecule has 48 valence electrons. The summed E-state index contributed by atoms with van der Waals surface area (Å²) in [6.07, 6.45) is -0.188. The molecule has 0 aromatic carbocycles. The Kier molecular flexibility index (Phi) is 1.48. The van der Waals surface area contributed by atoms with Gasteiger partial charge in [0.15, 0.2) is 0 Å². The van der Waals surface area contributed by atoms with Gasteiger partial charge >= 0.3 is 0 Å². The van der Waals surface area contributed by atoms with Gasteiger partial charge in [0.25, 0.3) is 0 Å². The second-order valence-electron chi connectivity index (χ2n) is 2.03. The molecule has 0 bridgehead atoms. The molecule has 1 fully saturated rings. The number of nitrogens with two attached hydrogens (primary N) is 1. The summed E-state index contributed by atoms with van der Waals surface area (Å²) in [7, 11) is 0. The Morgan fingerprint density at radius 2 is 2.25 bits per heavy atom. The minimum absolute atomic E-state index is 0.278. The van der Waals surface area contributed by atoms with Crippen molar-refractivity contribution in [3.8, 4) is 0 Å². The Morgan fingerprint density at radius 1 is 1.62 bits per heavy atom. The van der Waals surface area contributed by atoms with Gasteiger partial charge in [0.05, 0.1) is 0 Å². The highest BCUT2D eigenvalue weighted by Crippen LogP contribution is 2.09. The van der Waals surface area contributed by atoms with Crippen LogP contribution >= 0.6 is 0 Å². The SMILES string of the molecule is N[C@@H]1CCN(O)[C@@H]1O. The van der Waals surface area contributed by atoms with Crippen LogP contribution in [0.1, 0.15) is 6.42 Å². The molecule has 0 unspecified atom stereocenters. The lowest BCUT2D eigenvalue weighted by Crippen LogP contribution is -2.37. The zero-order chi connectivity index (χ0) is 6.15. The fourth-order valence-corrected chi connectivity index (χ4v) is 0.784. The average molecular weight is 118 g/mol. The van der Waals surface area contributed by atoms with E-state index in [0.29, 0.717) is 13.0 Å². The summed E-state index contributed by atoms with van der Waals surface area (Å²) in [4.78, 5) is 0. The Bertz CT molecular complexity index is 78.1. The fourth-order valence-electron chi connectivity index (χ4n) is 0.784. The van der Waals surface area contributed by atoms with E-state index in [1.807, 2.05) is 0 Å².